The van der Waals surface area contributed by atoms with Gasteiger partial charge in [0.1, 0.15) is 22.3 Å². The molecule has 0 aliphatic carbocycles. The van der Waals surface area contributed by atoms with Crippen molar-refractivity contribution in [1.29, 1.82) is 0 Å². The van der Waals surface area contributed by atoms with Gasteiger partial charge in [-0.2, -0.15) is 0 Å². The quantitative estimate of drug-likeness (QED) is 0.180. The molecule has 2 aromatic heterocycles. The van der Waals surface area contributed by atoms with Crippen molar-refractivity contribution in [3.63, 3.8) is 0 Å². The van der Waals surface area contributed by atoms with E-state index < -0.39 is 0 Å². The number of para-hydroxylation sites is 1. The molecule has 9 aromatic carbocycles. The van der Waals surface area contributed by atoms with Gasteiger partial charge in [0.25, 0.3) is 0 Å². The second kappa shape index (κ2) is 10.4. The first-order valence-electron chi connectivity index (χ1n) is 17.1. The average Bonchev–Trinajstić information content (AvgIpc) is 3.75. The van der Waals surface area contributed by atoms with Gasteiger partial charge in [0.05, 0.1) is 5.39 Å². The molecule has 0 radical (unpaired) electrons. The summed E-state index contributed by atoms with van der Waals surface area (Å²) in [4.78, 5) is 0. The lowest BCUT2D eigenvalue weighted by Crippen LogP contribution is -1.91. The first-order valence-corrected chi connectivity index (χ1v) is 17.1. The van der Waals surface area contributed by atoms with Gasteiger partial charge in [-0.25, -0.2) is 0 Å². The fraction of sp³-hybridized carbons (Fsp3) is 0. The molecule has 2 heteroatoms. The van der Waals surface area contributed by atoms with E-state index in [1.54, 1.807) is 0 Å². The molecule has 2 nitrogen and oxygen atoms in total. The van der Waals surface area contributed by atoms with Crippen molar-refractivity contribution in [2.45, 2.75) is 0 Å². The Balaban J connectivity index is 1.19. The summed E-state index contributed by atoms with van der Waals surface area (Å²) in [7, 11) is 0. The maximum absolute atomic E-state index is 6.81. The van der Waals surface area contributed by atoms with Crippen molar-refractivity contribution in [2.75, 3.05) is 0 Å². The summed E-state index contributed by atoms with van der Waals surface area (Å²) in [5, 5.41) is 11.6. The zero-order valence-corrected chi connectivity index (χ0v) is 27.0. The summed E-state index contributed by atoms with van der Waals surface area (Å²) in [5.41, 5.74) is 10.8. The molecule has 0 aliphatic rings. The monoisotopic (exact) mass is 636 g/mol. The Hall–Kier alpha value is -6.64. The van der Waals surface area contributed by atoms with Crippen molar-refractivity contribution in [2.24, 2.45) is 0 Å². The Kier molecular flexibility index (Phi) is 5.70. The second-order valence-corrected chi connectivity index (χ2v) is 13.2. The third-order valence-corrected chi connectivity index (χ3v) is 10.4. The van der Waals surface area contributed by atoms with Crippen LogP contribution in [0.3, 0.4) is 0 Å². The highest BCUT2D eigenvalue weighted by molar-refractivity contribution is 6.26. The Morgan fingerprint density at radius 3 is 1.54 bits per heavy atom. The van der Waals surface area contributed by atoms with E-state index in [0.29, 0.717) is 0 Å². The number of benzene rings is 9. The highest BCUT2D eigenvalue weighted by atomic mass is 16.3. The van der Waals surface area contributed by atoms with Gasteiger partial charge in [0, 0.05) is 21.5 Å². The van der Waals surface area contributed by atoms with Crippen molar-refractivity contribution in [3.8, 4) is 33.4 Å². The topological polar surface area (TPSA) is 26.3 Å². The van der Waals surface area contributed by atoms with Crippen LogP contribution in [0.4, 0.5) is 0 Å². The predicted octanol–water partition coefficient (Wildman–Crippen LogP) is 13.9. The Morgan fingerprint density at radius 2 is 0.820 bits per heavy atom. The van der Waals surface area contributed by atoms with Gasteiger partial charge in [-0.3, -0.25) is 0 Å². The molecule has 0 aliphatic heterocycles. The van der Waals surface area contributed by atoms with Crippen molar-refractivity contribution in [1.82, 2.24) is 0 Å². The first-order chi connectivity index (χ1) is 24.8. The molecule has 11 aromatic rings. The molecule has 0 spiro atoms. The third-order valence-electron chi connectivity index (χ3n) is 10.4. The van der Waals surface area contributed by atoms with E-state index >= 15 is 0 Å². The number of furan rings is 2. The van der Waals surface area contributed by atoms with Crippen LogP contribution in [-0.2, 0) is 0 Å². The maximum atomic E-state index is 6.81. The van der Waals surface area contributed by atoms with Crippen molar-refractivity contribution in [3.05, 3.63) is 170 Å². The van der Waals surface area contributed by atoms with Crippen LogP contribution in [0.25, 0.3) is 110 Å². The van der Waals surface area contributed by atoms with Gasteiger partial charge in [-0.15, -0.1) is 0 Å². The first kappa shape index (κ1) is 27.3. The van der Waals surface area contributed by atoms with Gasteiger partial charge in [-0.1, -0.05) is 140 Å². The molecular weight excluding hydrogens is 609 g/mol. The molecule has 0 atom stereocenters. The van der Waals surface area contributed by atoms with Crippen LogP contribution in [-0.4, -0.2) is 0 Å². The van der Waals surface area contributed by atoms with E-state index in [4.69, 9.17) is 8.83 Å². The van der Waals surface area contributed by atoms with E-state index in [9.17, 15) is 0 Å². The summed E-state index contributed by atoms with van der Waals surface area (Å²) >= 11 is 0. The van der Waals surface area contributed by atoms with Gasteiger partial charge < -0.3 is 8.83 Å². The van der Waals surface area contributed by atoms with Crippen LogP contribution in [0.5, 0.6) is 0 Å². The minimum Gasteiger partial charge on any atom is -0.456 e. The molecule has 0 saturated heterocycles. The smallest absolute Gasteiger partial charge is 0.147 e. The van der Waals surface area contributed by atoms with E-state index in [2.05, 4.69) is 158 Å². The Bertz CT molecular complexity index is 3080. The lowest BCUT2D eigenvalue weighted by atomic mass is 9.85. The van der Waals surface area contributed by atoms with Gasteiger partial charge >= 0.3 is 0 Å². The minimum absolute atomic E-state index is 0.840. The molecule has 0 bridgehead atoms. The molecule has 0 unspecified atom stereocenters. The maximum Gasteiger partial charge on any atom is 0.147 e. The van der Waals surface area contributed by atoms with Crippen molar-refractivity contribution >= 4 is 76.2 Å². The number of hydrogen-bond donors (Lipinski definition) is 0. The summed E-state index contributed by atoms with van der Waals surface area (Å²) in [6.45, 7) is 0. The predicted molar refractivity (Wildman–Crippen MR) is 210 cm³/mol. The molecule has 232 valence electrons. The summed E-state index contributed by atoms with van der Waals surface area (Å²) in [5.74, 6) is 0. The normalized spacial score (nSPS) is 12.0. The van der Waals surface area contributed by atoms with Crippen LogP contribution in [0.15, 0.2) is 179 Å². The fourth-order valence-electron chi connectivity index (χ4n) is 8.30. The molecular formula is C48H28O2. The zero-order chi connectivity index (χ0) is 32.8. The molecule has 2 heterocycles. The summed E-state index contributed by atoms with van der Waals surface area (Å²) in [6, 6.07) is 60.9. The number of hydrogen-bond acceptors (Lipinski definition) is 2. The van der Waals surface area contributed by atoms with E-state index in [-0.39, 0.29) is 0 Å². The van der Waals surface area contributed by atoms with Gasteiger partial charge in [-0.05, 0) is 90.6 Å². The average molecular weight is 637 g/mol. The Labute approximate surface area is 287 Å². The van der Waals surface area contributed by atoms with Crippen LogP contribution >= 0.6 is 0 Å². The van der Waals surface area contributed by atoms with Crippen LogP contribution in [0.2, 0.25) is 0 Å². The molecule has 11 rings (SSSR count). The Morgan fingerprint density at radius 1 is 0.280 bits per heavy atom. The lowest BCUT2D eigenvalue weighted by Gasteiger charge is -2.18. The minimum atomic E-state index is 0.840. The lowest BCUT2D eigenvalue weighted by molar-refractivity contribution is 0.664. The summed E-state index contributed by atoms with van der Waals surface area (Å²) in [6.07, 6.45) is 0. The molecule has 0 fully saturated rings. The molecule has 0 N–H and O–H groups in total. The molecule has 50 heavy (non-hydrogen) atoms. The molecule has 0 saturated carbocycles. The van der Waals surface area contributed by atoms with E-state index in [1.807, 2.05) is 12.1 Å². The van der Waals surface area contributed by atoms with Crippen LogP contribution in [0.1, 0.15) is 0 Å². The second-order valence-electron chi connectivity index (χ2n) is 13.2. The fourth-order valence-corrected chi connectivity index (χ4v) is 8.30. The third kappa shape index (κ3) is 3.85. The number of rotatable bonds is 3. The van der Waals surface area contributed by atoms with E-state index in [1.165, 1.54) is 60.3 Å². The molecule has 0 amide bonds. The van der Waals surface area contributed by atoms with Crippen LogP contribution in [0, 0.1) is 0 Å². The highest BCUT2D eigenvalue weighted by Gasteiger charge is 2.21. The highest BCUT2D eigenvalue weighted by Crippen LogP contribution is 2.46. The SMILES string of the molecule is c1ccc(-c2c3ccccc3c(-c3cccc(-c4cc5c6ccc7oc8ccccc8c7c6oc5c5ccccc45)c3)c3ccccc23)cc1. The van der Waals surface area contributed by atoms with E-state index in [0.717, 1.165) is 49.3 Å². The van der Waals surface area contributed by atoms with Crippen LogP contribution < -0.4 is 0 Å². The standard InChI is InChI=1S/C48H28O2/c1-2-13-29(14-3-1)44-33-18-5-7-20-35(33)45(36-21-8-6-19-34(36)44)31-16-12-15-30(27-31)40-28-41-38-25-26-43-46(39-23-10-11-24-42(39)49-43)48(38)50-47(41)37-22-9-4-17-32(37)40/h1-28H. The van der Waals surface area contributed by atoms with Gasteiger partial charge in [0.2, 0.25) is 0 Å². The van der Waals surface area contributed by atoms with Crippen molar-refractivity contribution < 1.29 is 8.83 Å². The van der Waals surface area contributed by atoms with Gasteiger partial charge in [0.15, 0.2) is 0 Å². The zero-order valence-electron chi connectivity index (χ0n) is 27.0. The summed E-state index contributed by atoms with van der Waals surface area (Å²) < 4.78 is 13.0. The number of fused-ring (bicyclic) bond motifs is 11. The largest absolute Gasteiger partial charge is 0.456 e.